The van der Waals surface area contributed by atoms with Gasteiger partial charge in [-0.25, -0.2) is 9.18 Å². The van der Waals surface area contributed by atoms with Crippen molar-refractivity contribution >= 4 is 18.0 Å². The van der Waals surface area contributed by atoms with Gasteiger partial charge in [0.25, 0.3) is 5.91 Å². The number of para-hydroxylation sites is 1. The van der Waals surface area contributed by atoms with Crippen LogP contribution in [0.5, 0.6) is 5.75 Å². The number of rotatable bonds is 6. The molecule has 5 nitrogen and oxygen atoms in total. The standard InChI is InChI=1S/C24H19FN2O3/c25-20-11-6-9-18(13-20)16-30-22-12-5-4-10-19(22)14-21-23(28)27(24(29)26-21)15-17-7-2-1-3-8-17/h1-14H,15-16H2,(H,26,29)/b21-14+. The van der Waals surface area contributed by atoms with Gasteiger partial charge in [-0.3, -0.25) is 9.69 Å². The molecule has 3 amide bonds. The molecule has 0 atom stereocenters. The van der Waals surface area contributed by atoms with Gasteiger partial charge in [0.1, 0.15) is 23.9 Å². The third kappa shape index (κ3) is 4.38. The molecule has 3 aromatic rings. The number of benzene rings is 3. The van der Waals surface area contributed by atoms with Crippen LogP contribution < -0.4 is 10.1 Å². The van der Waals surface area contributed by atoms with Gasteiger partial charge in [-0.2, -0.15) is 0 Å². The second-order valence-electron chi connectivity index (χ2n) is 6.82. The van der Waals surface area contributed by atoms with Crippen LogP contribution in [0.25, 0.3) is 6.08 Å². The molecule has 1 heterocycles. The lowest BCUT2D eigenvalue weighted by Crippen LogP contribution is -2.30. The summed E-state index contributed by atoms with van der Waals surface area (Å²) in [6.07, 6.45) is 1.59. The van der Waals surface area contributed by atoms with Crippen molar-refractivity contribution < 1.29 is 18.7 Å². The number of amides is 3. The molecule has 4 rings (SSSR count). The van der Waals surface area contributed by atoms with E-state index in [9.17, 15) is 14.0 Å². The third-order valence-corrected chi connectivity index (χ3v) is 4.65. The van der Waals surface area contributed by atoms with Crippen LogP contribution in [0.1, 0.15) is 16.7 Å². The highest BCUT2D eigenvalue weighted by Gasteiger charge is 2.33. The zero-order chi connectivity index (χ0) is 20.9. The van der Waals surface area contributed by atoms with Gasteiger partial charge in [0.05, 0.1) is 6.54 Å². The quantitative estimate of drug-likeness (QED) is 0.488. The van der Waals surface area contributed by atoms with Gasteiger partial charge in [-0.1, -0.05) is 60.7 Å². The molecule has 150 valence electrons. The Kier molecular flexibility index (Phi) is 5.57. The van der Waals surface area contributed by atoms with E-state index in [0.717, 1.165) is 10.5 Å². The number of nitrogens with one attached hydrogen (secondary N) is 1. The van der Waals surface area contributed by atoms with Crippen molar-refractivity contribution in [2.75, 3.05) is 0 Å². The molecule has 0 bridgehead atoms. The van der Waals surface area contributed by atoms with E-state index < -0.39 is 11.9 Å². The van der Waals surface area contributed by atoms with Gasteiger partial charge < -0.3 is 10.1 Å². The molecule has 1 aliphatic heterocycles. The smallest absolute Gasteiger partial charge is 0.329 e. The lowest BCUT2D eigenvalue weighted by atomic mass is 10.1. The Morgan fingerprint density at radius 2 is 1.63 bits per heavy atom. The minimum absolute atomic E-state index is 0.178. The molecule has 1 saturated heterocycles. The zero-order valence-electron chi connectivity index (χ0n) is 16.0. The van der Waals surface area contributed by atoms with Crippen molar-refractivity contribution in [1.82, 2.24) is 10.2 Å². The van der Waals surface area contributed by atoms with E-state index in [-0.39, 0.29) is 24.7 Å². The molecule has 6 heteroatoms. The molecular formula is C24H19FN2O3. The maximum atomic E-state index is 13.4. The van der Waals surface area contributed by atoms with Crippen LogP contribution in [0.3, 0.4) is 0 Å². The molecule has 0 spiro atoms. The summed E-state index contributed by atoms with van der Waals surface area (Å²) in [5.41, 5.74) is 2.37. The molecule has 0 saturated carbocycles. The van der Waals surface area contributed by atoms with Gasteiger partial charge in [0.2, 0.25) is 0 Å². The summed E-state index contributed by atoms with van der Waals surface area (Å²) >= 11 is 0. The van der Waals surface area contributed by atoms with Gasteiger partial charge >= 0.3 is 6.03 Å². The molecule has 1 N–H and O–H groups in total. The maximum absolute atomic E-state index is 13.4. The predicted octanol–water partition coefficient (Wildman–Crippen LogP) is 4.50. The van der Waals surface area contributed by atoms with E-state index in [2.05, 4.69) is 5.32 Å². The number of imide groups is 1. The minimum Gasteiger partial charge on any atom is -0.488 e. The van der Waals surface area contributed by atoms with Crippen molar-refractivity contribution in [1.29, 1.82) is 0 Å². The summed E-state index contributed by atoms with van der Waals surface area (Å²) in [7, 11) is 0. The molecule has 3 aromatic carbocycles. The SMILES string of the molecule is O=C1N/C(=C/c2ccccc2OCc2cccc(F)c2)C(=O)N1Cc1ccccc1. The molecule has 30 heavy (non-hydrogen) atoms. The first-order chi connectivity index (χ1) is 14.6. The highest BCUT2D eigenvalue weighted by molar-refractivity contribution is 6.14. The van der Waals surface area contributed by atoms with E-state index in [0.29, 0.717) is 16.9 Å². The molecule has 0 unspecified atom stereocenters. The number of ether oxygens (including phenoxy) is 1. The van der Waals surface area contributed by atoms with Crippen molar-refractivity contribution in [3.63, 3.8) is 0 Å². The number of hydrogen-bond acceptors (Lipinski definition) is 3. The summed E-state index contributed by atoms with van der Waals surface area (Å²) in [5.74, 6) is -0.203. The Labute approximate surface area is 173 Å². The summed E-state index contributed by atoms with van der Waals surface area (Å²) in [6.45, 7) is 0.374. The number of urea groups is 1. The highest BCUT2D eigenvalue weighted by atomic mass is 19.1. The largest absolute Gasteiger partial charge is 0.488 e. The Morgan fingerprint density at radius 3 is 2.43 bits per heavy atom. The molecular weight excluding hydrogens is 383 g/mol. The number of halogens is 1. The van der Waals surface area contributed by atoms with Crippen molar-refractivity contribution in [2.45, 2.75) is 13.2 Å². The highest BCUT2D eigenvalue weighted by Crippen LogP contribution is 2.24. The lowest BCUT2D eigenvalue weighted by Gasteiger charge is -2.11. The first-order valence-electron chi connectivity index (χ1n) is 9.45. The number of nitrogens with zero attached hydrogens (tertiary/aromatic N) is 1. The van der Waals surface area contributed by atoms with Crippen molar-refractivity contribution in [3.05, 3.63) is 107 Å². The predicted molar refractivity (Wildman–Crippen MR) is 111 cm³/mol. The van der Waals surface area contributed by atoms with E-state index >= 15 is 0 Å². The van der Waals surface area contributed by atoms with Crippen LogP contribution in [0.2, 0.25) is 0 Å². The normalized spacial score (nSPS) is 14.8. The zero-order valence-corrected chi connectivity index (χ0v) is 16.0. The second kappa shape index (κ2) is 8.61. The number of carbonyl (C=O) groups is 2. The van der Waals surface area contributed by atoms with Crippen LogP contribution in [0, 0.1) is 5.82 Å². The number of carbonyl (C=O) groups excluding carboxylic acids is 2. The fraction of sp³-hybridized carbons (Fsp3) is 0.0833. The van der Waals surface area contributed by atoms with Crippen LogP contribution in [-0.4, -0.2) is 16.8 Å². The van der Waals surface area contributed by atoms with Gasteiger partial charge in [0.15, 0.2) is 0 Å². The van der Waals surface area contributed by atoms with Gasteiger partial charge in [-0.05, 0) is 35.4 Å². The second-order valence-corrected chi connectivity index (χ2v) is 6.82. The average Bonchev–Trinajstić information content (AvgIpc) is 3.01. The van der Waals surface area contributed by atoms with E-state index in [1.54, 1.807) is 36.4 Å². The Hall–Kier alpha value is -3.93. The summed E-state index contributed by atoms with van der Waals surface area (Å²) in [6, 6.07) is 22.2. The lowest BCUT2D eigenvalue weighted by molar-refractivity contribution is -0.123. The van der Waals surface area contributed by atoms with E-state index in [4.69, 9.17) is 4.74 Å². The monoisotopic (exact) mass is 402 g/mol. The van der Waals surface area contributed by atoms with Crippen molar-refractivity contribution in [3.8, 4) is 5.75 Å². The minimum atomic E-state index is -0.465. The van der Waals surface area contributed by atoms with Crippen LogP contribution in [-0.2, 0) is 17.9 Å². The van der Waals surface area contributed by atoms with Crippen LogP contribution in [0.4, 0.5) is 9.18 Å². The molecule has 1 aliphatic rings. The average molecular weight is 402 g/mol. The Morgan fingerprint density at radius 1 is 0.900 bits per heavy atom. The number of hydrogen-bond donors (Lipinski definition) is 1. The van der Waals surface area contributed by atoms with Gasteiger partial charge in [0, 0.05) is 5.56 Å². The fourth-order valence-electron chi connectivity index (χ4n) is 3.16. The molecule has 0 radical (unpaired) electrons. The first-order valence-corrected chi connectivity index (χ1v) is 9.45. The van der Waals surface area contributed by atoms with Crippen LogP contribution >= 0.6 is 0 Å². The van der Waals surface area contributed by atoms with E-state index in [1.807, 2.05) is 36.4 Å². The Balaban J connectivity index is 1.52. The first kappa shape index (κ1) is 19.4. The topological polar surface area (TPSA) is 58.6 Å². The van der Waals surface area contributed by atoms with Crippen molar-refractivity contribution in [2.24, 2.45) is 0 Å². The Bertz CT molecular complexity index is 1110. The molecule has 0 aromatic heterocycles. The maximum Gasteiger partial charge on any atom is 0.329 e. The summed E-state index contributed by atoms with van der Waals surface area (Å²) in [5, 5.41) is 2.62. The van der Waals surface area contributed by atoms with Crippen LogP contribution in [0.15, 0.2) is 84.6 Å². The summed E-state index contributed by atoms with van der Waals surface area (Å²) in [4.78, 5) is 26.2. The third-order valence-electron chi connectivity index (χ3n) is 4.65. The van der Waals surface area contributed by atoms with E-state index in [1.165, 1.54) is 12.1 Å². The molecule has 1 fully saturated rings. The summed E-state index contributed by atoms with van der Waals surface area (Å²) < 4.78 is 19.2. The van der Waals surface area contributed by atoms with Gasteiger partial charge in [-0.15, -0.1) is 0 Å². The molecule has 0 aliphatic carbocycles. The fourth-order valence-corrected chi connectivity index (χ4v) is 3.16.